The molecule has 0 spiro atoms. The average molecular weight is 362 g/mol. The van der Waals surface area contributed by atoms with Gasteiger partial charge >= 0.3 is 6.18 Å². The monoisotopic (exact) mass is 362 g/mol. The van der Waals surface area contributed by atoms with E-state index in [9.17, 15) is 13.2 Å². The number of hydrogen-bond acceptors (Lipinski definition) is 3. The van der Waals surface area contributed by atoms with E-state index in [1.54, 1.807) is 0 Å². The minimum absolute atomic E-state index is 0.147. The van der Waals surface area contributed by atoms with Gasteiger partial charge in [-0.1, -0.05) is 13.8 Å². The molecule has 1 saturated carbocycles. The Balaban J connectivity index is 1.94. The van der Waals surface area contributed by atoms with Crippen molar-refractivity contribution >= 4 is 17.3 Å². The lowest BCUT2D eigenvalue weighted by molar-refractivity contribution is -0.140. The first-order valence-electron chi connectivity index (χ1n) is 8.26. The van der Waals surface area contributed by atoms with Crippen LogP contribution in [0.2, 0.25) is 0 Å². The zero-order valence-corrected chi connectivity index (χ0v) is 15.2. The van der Waals surface area contributed by atoms with Crippen LogP contribution in [0.3, 0.4) is 0 Å². The van der Waals surface area contributed by atoms with Crippen LogP contribution in [0.25, 0.3) is 0 Å². The molecule has 1 fully saturated rings. The molecule has 0 bridgehead atoms. The number of hydrogen-bond donors (Lipinski definition) is 2. The molecule has 0 radical (unpaired) electrons. The van der Waals surface area contributed by atoms with Crippen molar-refractivity contribution in [1.82, 2.24) is 15.6 Å². The second-order valence-corrected chi connectivity index (χ2v) is 7.84. The number of guanidine groups is 1. The van der Waals surface area contributed by atoms with Gasteiger partial charge < -0.3 is 10.6 Å². The van der Waals surface area contributed by atoms with Crippen LogP contribution in [0.15, 0.2) is 10.4 Å². The van der Waals surface area contributed by atoms with E-state index in [0.29, 0.717) is 29.0 Å². The largest absolute Gasteiger partial charge is 0.434 e. The Bertz CT molecular complexity index is 556. The van der Waals surface area contributed by atoms with Crippen LogP contribution in [0, 0.1) is 5.41 Å². The van der Waals surface area contributed by atoms with Crippen LogP contribution in [-0.4, -0.2) is 23.5 Å². The number of nitrogens with zero attached hydrogens (tertiary/aromatic N) is 2. The summed E-state index contributed by atoms with van der Waals surface area (Å²) in [6, 6.07) is 0.359. The van der Waals surface area contributed by atoms with Gasteiger partial charge in [0.1, 0.15) is 5.01 Å². The number of thiazole rings is 1. The van der Waals surface area contributed by atoms with Gasteiger partial charge in [0.2, 0.25) is 0 Å². The number of rotatable bonds is 4. The molecule has 2 N–H and O–H groups in total. The topological polar surface area (TPSA) is 49.3 Å². The number of aromatic nitrogens is 1. The summed E-state index contributed by atoms with van der Waals surface area (Å²) >= 11 is 0.989. The lowest BCUT2D eigenvalue weighted by Crippen LogP contribution is -2.45. The molecule has 1 aromatic heterocycles. The van der Waals surface area contributed by atoms with Crippen LogP contribution in [0.5, 0.6) is 0 Å². The van der Waals surface area contributed by atoms with Crippen LogP contribution in [-0.2, 0) is 12.7 Å². The molecule has 0 atom stereocenters. The zero-order chi connectivity index (χ0) is 17.8. The highest BCUT2D eigenvalue weighted by Crippen LogP contribution is 2.35. The molecule has 8 heteroatoms. The molecule has 1 aliphatic rings. The Kier molecular flexibility index (Phi) is 6.11. The number of nitrogens with one attached hydrogen (secondary N) is 2. The Labute approximate surface area is 145 Å². The summed E-state index contributed by atoms with van der Waals surface area (Å²) in [4.78, 5) is 7.99. The third kappa shape index (κ3) is 5.65. The maximum absolute atomic E-state index is 12.6. The van der Waals surface area contributed by atoms with Crippen molar-refractivity contribution in [3.8, 4) is 0 Å². The van der Waals surface area contributed by atoms with Crippen molar-refractivity contribution < 1.29 is 13.2 Å². The summed E-state index contributed by atoms with van der Waals surface area (Å²) in [5.41, 5.74) is -0.451. The lowest BCUT2D eigenvalue weighted by atomic mass is 9.75. The van der Waals surface area contributed by atoms with Crippen molar-refractivity contribution in [3.63, 3.8) is 0 Å². The summed E-state index contributed by atoms with van der Waals surface area (Å²) in [5.74, 6) is 0.644. The molecule has 2 rings (SSSR count). The van der Waals surface area contributed by atoms with E-state index < -0.39 is 11.9 Å². The fourth-order valence-electron chi connectivity index (χ4n) is 2.72. The first-order chi connectivity index (χ1) is 11.2. The Hall–Kier alpha value is -1.31. The maximum Gasteiger partial charge on any atom is 0.434 e. The molecule has 0 unspecified atom stereocenters. The van der Waals surface area contributed by atoms with Crippen molar-refractivity contribution in [3.05, 3.63) is 16.1 Å². The van der Waals surface area contributed by atoms with Crippen molar-refractivity contribution in [2.75, 3.05) is 6.54 Å². The van der Waals surface area contributed by atoms with Gasteiger partial charge in [-0.05, 0) is 38.0 Å². The Morgan fingerprint density at radius 2 is 2.04 bits per heavy atom. The fraction of sp³-hybridized carbons (Fsp3) is 0.750. The SMILES string of the molecule is CCNC(=NCc1nc(C(F)(F)F)cs1)NC1CCC(C)(C)CC1. The quantitative estimate of drug-likeness (QED) is 0.624. The van der Waals surface area contributed by atoms with E-state index in [0.717, 1.165) is 42.4 Å². The number of halogens is 3. The van der Waals surface area contributed by atoms with Gasteiger partial charge in [-0.25, -0.2) is 9.98 Å². The van der Waals surface area contributed by atoms with Crippen molar-refractivity contribution in [1.29, 1.82) is 0 Å². The van der Waals surface area contributed by atoms with Crippen LogP contribution < -0.4 is 10.6 Å². The average Bonchev–Trinajstić information content (AvgIpc) is 2.96. The summed E-state index contributed by atoms with van der Waals surface area (Å²) in [6.07, 6.45) is 0.0763. The summed E-state index contributed by atoms with van der Waals surface area (Å²) in [6.45, 7) is 7.38. The summed E-state index contributed by atoms with van der Waals surface area (Å²) in [5, 5.41) is 7.95. The lowest BCUT2D eigenvalue weighted by Gasteiger charge is -2.35. The van der Waals surface area contributed by atoms with Crippen LogP contribution >= 0.6 is 11.3 Å². The second kappa shape index (κ2) is 7.72. The second-order valence-electron chi connectivity index (χ2n) is 6.90. The Morgan fingerprint density at radius 1 is 1.38 bits per heavy atom. The highest BCUT2D eigenvalue weighted by Gasteiger charge is 2.33. The molecule has 1 aliphatic carbocycles. The van der Waals surface area contributed by atoms with E-state index in [1.807, 2.05) is 6.92 Å². The van der Waals surface area contributed by atoms with Gasteiger partial charge in [-0.2, -0.15) is 13.2 Å². The molecular formula is C16H25F3N4S. The molecule has 0 amide bonds. The minimum Gasteiger partial charge on any atom is -0.357 e. The van der Waals surface area contributed by atoms with Crippen LogP contribution in [0.4, 0.5) is 13.2 Å². The molecule has 1 heterocycles. The normalized spacial score (nSPS) is 19.3. The van der Waals surface area contributed by atoms with Crippen LogP contribution in [0.1, 0.15) is 57.2 Å². The molecule has 136 valence electrons. The standard InChI is InChI=1S/C16H25F3N4S/c1-4-20-14(22-11-5-7-15(2,3)8-6-11)21-9-13-23-12(10-24-13)16(17,18)19/h10-11H,4-9H2,1-3H3,(H2,20,21,22). The fourth-order valence-corrected chi connectivity index (χ4v) is 3.44. The van der Waals surface area contributed by atoms with Gasteiger partial charge in [0.25, 0.3) is 0 Å². The highest BCUT2D eigenvalue weighted by molar-refractivity contribution is 7.09. The molecule has 0 saturated heterocycles. The predicted octanol–water partition coefficient (Wildman–Crippen LogP) is 4.19. The molecular weight excluding hydrogens is 337 g/mol. The third-order valence-electron chi connectivity index (χ3n) is 4.24. The van der Waals surface area contributed by atoms with Gasteiger partial charge in [0.05, 0.1) is 6.54 Å². The molecule has 0 aromatic carbocycles. The van der Waals surface area contributed by atoms with Crippen molar-refractivity contribution in [2.45, 2.75) is 65.2 Å². The first-order valence-corrected chi connectivity index (χ1v) is 9.14. The number of alkyl halides is 3. The molecule has 1 aromatic rings. The van der Waals surface area contributed by atoms with Gasteiger partial charge in [-0.15, -0.1) is 11.3 Å². The number of aliphatic imine (C=N–C) groups is 1. The highest BCUT2D eigenvalue weighted by atomic mass is 32.1. The van der Waals surface area contributed by atoms with E-state index in [1.165, 1.54) is 0 Å². The van der Waals surface area contributed by atoms with Gasteiger partial charge in [-0.3, -0.25) is 0 Å². The van der Waals surface area contributed by atoms with Gasteiger partial charge in [0, 0.05) is 18.0 Å². The summed E-state index contributed by atoms with van der Waals surface area (Å²) < 4.78 is 37.7. The van der Waals surface area contributed by atoms with E-state index in [-0.39, 0.29) is 6.54 Å². The van der Waals surface area contributed by atoms with Gasteiger partial charge in [0.15, 0.2) is 11.7 Å². The molecule has 4 nitrogen and oxygen atoms in total. The summed E-state index contributed by atoms with van der Waals surface area (Å²) in [7, 11) is 0. The first kappa shape index (κ1) is 19.0. The zero-order valence-electron chi connectivity index (χ0n) is 14.3. The maximum atomic E-state index is 12.6. The van der Waals surface area contributed by atoms with E-state index in [4.69, 9.17) is 0 Å². The third-order valence-corrected chi connectivity index (χ3v) is 5.07. The molecule has 24 heavy (non-hydrogen) atoms. The smallest absolute Gasteiger partial charge is 0.357 e. The van der Waals surface area contributed by atoms with E-state index in [2.05, 4.69) is 34.5 Å². The van der Waals surface area contributed by atoms with Crippen molar-refractivity contribution in [2.24, 2.45) is 10.4 Å². The van der Waals surface area contributed by atoms with E-state index >= 15 is 0 Å². The predicted molar refractivity (Wildman–Crippen MR) is 91.1 cm³/mol. The Morgan fingerprint density at radius 3 is 2.58 bits per heavy atom. The molecule has 0 aliphatic heterocycles. The minimum atomic E-state index is -4.39.